The molecule has 3 rings (SSSR count). The molecule has 126 valence electrons. The number of carbonyl (C=O) groups is 1. The number of aryl methyl sites for hydroxylation is 1. The summed E-state index contributed by atoms with van der Waals surface area (Å²) in [6, 6.07) is 7.91. The number of nitrogens with zero attached hydrogens (tertiary/aromatic N) is 1. The van der Waals surface area contributed by atoms with Crippen LogP contribution >= 0.6 is 40.7 Å². The number of hydrogen-bond acceptors (Lipinski definition) is 3. The molecule has 0 spiro atoms. The van der Waals surface area contributed by atoms with E-state index in [1.165, 1.54) is 0 Å². The zero-order valence-electron chi connectivity index (χ0n) is 12.8. The number of piperidine rings is 1. The van der Waals surface area contributed by atoms with Gasteiger partial charge in [-0.2, -0.15) is 0 Å². The Balaban J connectivity index is 0.00000132. The number of carbonyl (C=O) groups excluding carboxylic acids is 1. The largest absolute Gasteiger partial charge is 0.348 e. The highest BCUT2D eigenvalue weighted by atomic mass is 79.9. The Labute approximate surface area is 156 Å². The number of benzene rings is 1. The standard InChI is InChI=1S/C16H18BrN3O.2ClH/c1-10-7-14(13-5-4-11(17)8-15(13)19-10)16(21)20-12-3-2-6-18-9-12;;/h4-5,7-8,12,18H,2-3,6,9H2,1H3,(H,20,21);2*1H. The van der Waals surface area contributed by atoms with E-state index in [4.69, 9.17) is 0 Å². The highest BCUT2D eigenvalue weighted by Gasteiger charge is 2.18. The quantitative estimate of drug-likeness (QED) is 0.779. The molecular formula is C16H20BrCl2N3O. The molecule has 0 saturated carbocycles. The second-order valence-corrected chi connectivity index (χ2v) is 6.41. The maximum absolute atomic E-state index is 12.6. The third kappa shape index (κ3) is 4.80. The normalized spacial score (nSPS) is 17.0. The van der Waals surface area contributed by atoms with Gasteiger partial charge in [-0.3, -0.25) is 9.78 Å². The van der Waals surface area contributed by atoms with Gasteiger partial charge >= 0.3 is 0 Å². The smallest absolute Gasteiger partial charge is 0.252 e. The van der Waals surface area contributed by atoms with Crippen molar-refractivity contribution in [1.29, 1.82) is 0 Å². The van der Waals surface area contributed by atoms with E-state index in [1.807, 2.05) is 31.2 Å². The zero-order chi connectivity index (χ0) is 14.8. The fraction of sp³-hybridized carbons (Fsp3) is 0.375. The lowest BCUT2D eigenvalue weighted by Gasteiger charge is -2.24. The molecule has 2 N–H and O–H groups in total. The molecule has 1 unspecified atom stereocenters. The van der Waals surface area contributed by atoms with E-state index in [0.29, 0.717) is 5.56 Å². The van der Waals surface area contributed by atoms with E-state index >= 15 is 0 Å². The first-order chi connectivity index (χ1) is 10.1. The lowest BCUT2D eigenvalue weighted by Crippen LogP contribution is -2.45. The van der Waals surface area contributed by atoms with Crippen LogP contribution in [0.15, 0.2) is 28.7 Å². The van der Waals surface area contributed by atoms with Crippen LogP contribution < -0.4 is 10.6 Å². The molecule has 1 aromatic carbocycles. The minimum absolute atomic E-state index is 0. The average Bonchev–Trinajstić information content (AvgIpc) is 2.47. The number of rotatable bonds is 2. The van der Waals surface area contributed by atoms with Crippen molar-refractivity contribution >= 4 is 57.6 Å². The van der Waals surface area contributed by atoms with Crippen molar-refractivity contribution in [3.05, 3.63) is 40.0 Å². The van der Waals surface area contributed by atoms with E-state index in [9.17, 15) is 4.79 Å². The summed E-state index contributed by atoms with van der Waals surface area (Å²) in [5.41, 5.74) is 2.40. The Kier molecular flexibility index (Phi) is 7.74. The highest BCUT2D eigenvalue weighted by molar-refractivity contribution is 9.10. The summed E-state index contributed by atoms with van der Waals surface area (Å²) < 4.78 is 0.968. The summed E-state index contributed by atoms with van der Waals surface area (Å²) in [6.07, 6.45) is 2.14. The summed E-state index contributed by atoms with van der Waals surface area (Å²) in [4.78, 5) is 17.1. The molecule has 1 fully saturated rings. The monoisotopic (exact) mass is 419 g/mol. The van der Waals surface area contributed by atoms with Gasteiger partial charge in [-0.15, -0.1) is 24.8 Å². The molecule has 4 nitrogen and oxygen atoms in total. The summed E-state index contributed by atoms with van der Waals surface area (Å²) in [7, 11) is 0. The molecular weight excluding hydrogens is 401 g/mol. The number of amides is 1. The lowest BCUT2D eigenvalue weighted by atomic mass is 10.0. The van der Waals surface area contributed by atoms with Crippen LogP contribution in [0, 0.1) is 6.92 Å². The highest BCUT2D eigenvalue weighted by Crippen LogP contribution is 2.22. The number of nitrogens with one attached hydrogen (secondary N) is 2. The molecule has 1 aliphatic heterocycles. The van der Waals surface area contributed by atoms with Gasteiger partial charge in [0.1, 0.15) is 0 Å². The van der Waals surface area contributed by atoms with E-state index in [1.54, 1.807) is 0 Å². The summed E-state index contributed by atoms with van der Waals surface area (Å²) in [5.74, 6) is -0.0125. The van der Waals surface area contributed by atoms with Gasteiger partial charge in [0.05, 0.1) is 11.1 Å². The Morgan fingerprint density at radius 1 is 1.35 bits per heavy atom. The first-order valence-corrected chi connectivity index (χ1v) is 8.01. The van der Waals surface area contributed by atoms with Crippen LogP contribution in [0.5, 0.6) is 0 Å². The van der Waals surface area contributed by atoms with Crippen molar-refractivity contribution in [3.63, 3.8) is 0 Å². The lowest BCUT2D eigenvalue weighted by molar-refractivity contribution is 0.0932. The van der Waals surface area contributed by atoms with Crippen molar-refractivity contribution in [2.24, 2.45) is 0 Å². The van der Waals surface area contributed by atoms with Crippen molar-refractivity contribution < 1.29 is 4.79 Å². The first kappa shape index (κ1) is 20.2. The van der Waals surface area contributed by atoms with Crippen LogP contribution in [0.4, 0.5) is 0 Å². The molecule has 23 heavy (non-hydrogen) atoms. The van der Waals surface area contributed by atoms with Gasteiger partial charge < -0.3 is 10.6 Å². The minimum atomic E-state index is -0.0125. The summed E-state index contributed by atoms with van der Waals surface area (Å²) >= 11 is 3.45. The second-order valence-electron chi connectivity index (χ2n) is 5.49. The van der Waals surface area contributed by atoms with Gasteiger partial charge in [0, 0.05) is 28.1 Å². The number of fused-ring (bicyclic) bond motifs is 1. The Morgan fingerprint density at radius 3 is 2.83 bits per heavy atom. The topological polar surface area (TPSA) is 54.0 Å². The van der Waals surface area contributed by atoms with Crippen molar-refractivity contribution in [2.45, 2.75) is 25.8 Å². The number of aromatic nitrogens is 1. The van der Waals surface area contributed by atoms with Gasteiger partial charge in [-0.05, 0) is 44.5 Å². The van der Waals surface area contributed by atoms with Crippen LogP contribution in [0.3, 0.4) is 0 Å². The number of hydrogen-bond donors (Lipinski definition) is 2. The SMILES string of the molecule is Cc1cc(C(=O)NC2CCCNC2)c2ccc(Br)cc2n1.Cl.Cl. The Bertz CT molecular complexity index is 685. The Hall–Kier alpha value is -0.880. The molecule has 1 saturated heterocycles. The zero-order valence-corrected chi connectivity index (χ0v) is 16.0. The van der Waals surface area contributed by atoms with Crippen LogP contribution in [0.2, 0.25) is 0 Å². The van der Waals surface area contributed by atoms with E-state index < -0.39 is 0 Å². The molecule has 1 aliphatic rings. The predicted octanol–water partition coefficient (Wildman–Crippen LogP) is 3.63. The molecule has 1 amide bonds. The first-order valence-electron chi connectivity index (χ1n) is 7.22. The number of halogens is 3. The van der Waals surface area contributed by atoms with Crippen LogP contribution in [0.25, 0.3) is 10.9 Å². The summed E-state index contributed by atoms with van der Waals surface area (Å²) in [6.45, 7) is 3.80. The Morgan fingerprint density at radius 2 is 2.13 bits per heavy atom. The van der Waals surface area contributed by atoms with Crippen LogP contribution in [-0.4, -0.2) is 30.0 Å². The molecule has 0 bridgehead atoms. The molecule has 0 radical (unpaired) electrons. The van der Waals surface area contributed by atoms with E-state index in [2.05, 4.69) is 31.5 Å². The molecule has 2 heterocycles. The van der Waals surface area contributed by atoms with Gasteiger partial charge in [0.15, 0.2) is 0 Å². The molecule has 1 aromatic heterocycles. The fourth-order valence-corrected chi connectivity index (χ4v) is 3.11. The van der Waals surface area contributed by atoms with Crippen LogP contribution in [-0.2, 0) is 0 Å². The van der Waals surface area contributed by atoms with Gasteiger partial charge in [-0.1, -0.05) is 22.0 Å². The third-order valence-corrected chi connectivity index (χ3v) is 4.27. The maximum Gasteiger partial charge on any atom is 0.252 e. The molecule has 1 atom stereocenters. The van der Waals surface area contributed by atoms with Gasteiger partial charge in [0.2, 0.25) is 0 Å². The molecule has 0 aliphatic carbocycles. The maximum atomic E-state index is 12.6. The minimum Gasteiger partial charge on any atom is -0.348 e. The molecule has 7 heteroatoms. The summed E-state index contributed by atoms with van der Waals surface area (Å²) in [5, 5.41) is 7.34. The van der Waals surface area contributed by atoms with Crippen molar-refractivity contribution in [3.8, 4) is 0 Å². The van der Waals surface area contributed by atoms with Crippen molar-refractivity contribution in [2.75, 3.05) is 13.1 Å². The van der Waals surface area contributed by atoms with E-state index in [-0.39, 0.29) is 36.8 Å². The van der Waals surface area contributed by atoms with Crippen molar-refractivity contribution in [1.82, 2.24) is 15.6 Å². The van der Waals surface area contributed by atoms with E-state index in [0.717, 1.165) is 47.0 Å². The fourth-order valence-electron chi connectivity index (χ4n) is 2.76. The van der Waals surface area contributed by atoms with Crippen LogP contribution in [0.1, 0.15) is 28.9 Å². The second kappa shape index (κ2) is 8.83. The van der Waals surface area contributed by atoms with Gasteiger partial charge in [-0.25, -0.2) is 0 Å². The predicted molar refractivity (Wildman–Crippen MR) is 102 cm³/mol. The average molecular weight is 421 g/mol. The number of pyridine rings is 1. The third-order valence-electron chi connectivity index (χ3n) is 3.78. The van der Waals surface area contributed by atoms with Gasteiger partial charge in [0.25, 0.3) is 5.91 Å². The molecule has 2 aromatic rings.